The van der Waals surface area contributed by atoms with E-state index < -0.39 is 11.9 Å². The fourth-order valence-electron chi connectivity index (χ4n) is 2.53. The first kappa shape index (κ1) is 12.8. The normalized spacial score (nSPS) is 21.4. The van der Waals surface area contributed by atoms with Gasteiger partial charge in [-0.1, -0.05) is 18.2 Å². The molecule has 1 saturated heterocycles. The number of carbonyl (C=O) groups excluding carboxylic acids is 1. The van der Waals surface area contributed by atoms with Gasteiger partial charge in [0.25, 0.3) is 0 Å². The summed E-state index contributed by atoms with van der Waals surface area (Å²) in [7, 11) is 0. The summed E-state index contributed by atoms with van der Waals surface area (Å²) in [6, 6.07) is 7.36. The first-order chi connectivity index (χ1) is 9.65. The highest BCUT2D eigenvalue weighted by Gasteiger charge is 2.36. The van der Waals surface area contributed by atoms with Gasteiger partial charge >= 0.3 is 12.0 Å². The van der Waals surface area contributed by atoms with Gasteiger partial charge in [0, 0.05) is 25.1 Å². The number of ether oxygens (including phenoxy) is 1. The van der Waals surface area contributed by atoms with Gasteiger partial charge in [0.05, 0.1) is 18.6 Å². The van der Waals surface area contributed by atoms with E-state index in [0.29, 0.717) is 6.61 Å². The number of nitrogens with zero attached hydrogens (tertiary/aromatic N) is 1. The molecule has 2 N–H and O–H groups in total. The Kier molecular flexibility index (Phi) is 3.22. The first-order valence-electron chi connectivity index (χ1n) is 6.65. The molecule has 6 heteroatoms. The SMILES string of the molecule is O=C(O)C1CN(C(=O)NC2CCOc3ccccc32)C1. The number of urea groups is 1. The summed E-state index contributed by atoms with van der Waals surface area (Å²) in [4.78, 5) is 24.3. The van der Waals surface area contributed by atoms with Crippen LogP contribution in [0.3, 0.4) is 0 Å². The first-order valence-corrected chi connectivity index (χ1v) is 6.65. The van der Waals surface area contributed by atoms with Gasteiger partial charge in [-0.3, -0.25) is 4.79 Å². The summed E-state index contributed by atoms with van der Waals surface area (Å²) in [5.74, 6) is -0.468. The van der Waals surface area contributed by atoms with Crippen LogP contribution in [-0.2, 0) is 4.79 Å². The molecule has 3 rings (SSSR count). The van der Waals surface area contributed by atoms with Crippen molar-refractivity contribution in [3.8, 4) is 5.75 Å². The van der Waals surface area contributed by atoms with Crippen molar-refractivity contribution in [3.05, 3.63) is 29.8 Å². The van der Waals surface area contributed by atoms with Crippen LogP contribution in [0.2, 0.25) is 0 Å². The van der Waals surface area contributed by atoms with Crippen LogP contribution in [0.25, 0.3) is 0 Å². The van der Waals surface area contributed by atoms with Crippen LogP contribution in [-0.4, -0.2) is 41.7 Å². The van der Waals surface area contributed by atoms with E-state index in [1.165, 1.54) is 4.90 Å². The van der Waals surface area contributed by atoms with Crippen molar-refractivity contribution in [1.82, 2.24) is 10.2 Å². The van der Waals surface area contributed by atoms with Crippen molar-refractivity contribution < 1.29 is 19.4 Å². The second-order valence-corrected chi connectivity index (χ2v) is 5.12. The van der Waals surface area contributed by atoms with E-state index in [4.69, 9.17) is 9.84 Å². The molecule has 1 aromatic rings. The molecule has 0 aromatic heterocycles. The molecule has 1 fully saturated rings. The summed E-state index contributed by atoms with van der Waals surface area (Å²) in [6.07, 6.45) is 0.721. The van der Waals surface area contributed by atoms with Gasteiger partial charge in [0.2, 0.25) is 0 Å². The summed E-state index contributed by atoms with van der Waals surface area (Å²) in [5, 5.41) is 11.8. The number of carboxylic acids is 1. The average Bonchev–Trinajstić information content (AvgIpc) is 2.37. The quantitative estimate of drug-likeness (QED) is 0.851. The smallest absolute Gasteiger partial charge is 0.317 e. The van der Waals surface area contributed by atoms with Crippen molar-refractivity contribution in [1.29, 1.82) is 0 Å². The monoisotopic (exact) mass is 276 g/mol. The molecule has 0 aliphatic carbocycles. The second-order valence-electron chi connectivity index (χ2n) is 5.12. The predicted molar refractivity (Wildman–Crippen MR) is 70.5 cm³/mol. The van der Waals surface area contributed by atoms with Crippen LogP contribution in [0, 0.1) is 5.92 Å². The van der Waals surface area contributed by atoms with Crippen LogP contribution in [0.1, 0.15) is 18.0 Å². The van der Waals surface area contributed by atoms with Crippen molar-refractivity contribution in [3.63, 3.8) is 0 Å². The summed E-state index contributed by atoms with van der Waals surface area (Å²) >= 11 is 0. The maximum absolute atomic E-state index is 12.1. The van der Waals surface area contributed by atoms with E-state index in [9.17, 15) is 9.59 Å². The summed E-state index contributed by atoms with van der Waals surface area (Å²) in [6.45, 7) is 1.14. The highest BCUT2D eigenvalue weighted by molar-refractivity contribution is 5.80. The van der Waals surface area contributed by atoms with Crippen LogP contribution in [0.4, 0.5) is 4.79 Å². The van der Waals surface area contributed by atoms with Gasteiger partial charge < -0.3 is 20.1 Å². The number of hydrogen-bond donors (Lipinski definition) is 2. The number of aliphatic carboxylic acids is 1. The Hall–Kier alpha value is -2.24. The number of nitrogens with one attached hydrogen (secondary N) is 1. The van der Waals surface area contributed by atoms with Gasteiger partial charge in [0.15, 0.2) is 0 Å². The van der Waals surface area contributed by atoms with Gasteiger partial charge in [0.1, 0.15) is 5.75 Å². The Morgan fingerprint density at radius 2 is 2.05 bits per heavy atom. The third-order valence-corrected chi connectivity index (χ3v) is 3.77. The van der Waals surface area contributed by atoms with Crippen molar-refractivity contribution in [2.45, 2.75) is 12.5 Å². The van der Waals surface area contributed by atoms with Crippen molar-refractivity contribution in [2.24, 2.45) is 5.92 Å². The number of fused-ring (bicyclic) bond motifs is 1. The number of amides is 2. The van der Waals surface area contributed by atoms with Gasteiger partial charge in [-0.25, -0.2) is 4.79 Å². The average molecular weight is 276 g/mol. The molecule has 2 amide bonds. The number of benzene rings is 1. The zero-order valence-electron chi connectivity index (χ0n) is 10.9. The fraction of sp³-hybridized carbons (Fsp3) is 0.429. The van der Waals surface area contributed by atoms with Gasteiger partial charge in [-0.15, -0.1) is 0 Å². The minimum atomic E-state index is -0.842. The van der Waals surface area contributed by atoms with Crippen molar-refractivity contribution >= 4 is 12.0 Å². The van der Waals surface area contributed by atoms with E-state index in [1.54, 1.807) is 0 Å². The fourth-order valence-corrected chi connectivity index (χ4v) is 2.53. The van der Waals surface area contributed by atoms with Crippen LogP contribution < -0.4 is 10.1 Å². The standard InChI is InChI=1S/C14H16N2O4/c17-13(18)9-7-16(8-9)14(19)15-11-5-6-20-12-4-2-1-3-10(11)12/h1-4,9,11H,5-8H2,(H,15,19)(H,17,18). The van der Waals surface area contributed by atoms with Crippen LogP contribution in [0.15, 0.2) is 24.3 Å². The van der Waals surface area contributed by atoms with E-state index in [0.717, 1.165) is 17.7 Å². The largest absolute Gasteiger partial charge is 0.493 e. The Bertz CT molecular complexity index is 540. The van der Waals surface area contributed by atoms with Crippen molar-refractivity contribution in [2.75, 3.05) is 19.7 Å². The number of likely N-dealkylation sites (tertiary alicyclic amines) is 1. The maximum atomic E-state index is 12.1. The molecular formula is C14H16N2O4. The lowest BCUT2D eigenvalue weighted by molar-refractivity contribution is -0.146. The van der Waals surface area contributed by atoms with E-state index in [2.05, 4.69) is 5.32 Å². The lowest BCUT2D eigenvalue weighted by Gasteiger charge is -2.38. The Labute approximate surface area is 116 Å². The highest BCUT2D eigenvalue weighted by atomic mass is 16.5. The molecule has 1 atom stereocenters. The molecule has 2 aliphatic rings. The second kappa shape index (κ2) is 5.03. The summed E-state index contributed by atoms with van der Waals surface area (Å²) < 4.78 is 5.54. The van der Waals surface area contributed by atoms with E-state index in [1.807, 2.05) is 24.3 Å². The number of para-hydroxylation sites is 1. The third kappa shape index (κ3) is 2.29. The molecule has 1 unspecified atom stereocenters. The molecule has 1 aromatic carbocycles. The molecular weight excluding hydrogens is 260 g/mol. The molecule has 0 bridgehead atoms. The lowest BCUT2D eigenvalue weighted by Crippen LogP contribution is -2.56. The maximum Gasteiger partial charge on any atom is 0.317 e. The Morgan fingerprint density at radius 3 is 2.80 bits per heavy atom. The molecule has 2 heterocycles. The molecule has 0 saturated carbocycles. The Balaban J connectivity index is 1.62. The summed E-state index contributed by atoms with van der Waals surface area (Å²) in [5.41, 5.74) is 0.974. The van der Waals surface area contributed by atoms with E-state index in [-0.39, 0.29) is 25.2 Å². The molecule has 0 spiro atoms. The van der Waals surface area contributed by atoms with E-state index >= 15 is 0 Å². The number of carbonyl (C=O) groups is 2. The minimum Gasteiger partial charge on any atom is -0.493 e. The third-order valence-electron chi connectivity index (χ3n) is 3.77. The number of rotatable bonds is 2. The number of hydrogen-bond acceptors (Lipinski definition) is 3. The molecule has 0 radical (unpaired) electrons. The topological polar surface area (TPSA) is 78.9 Å². The van der Waals surface area contributed by atoms with Crippen LogP contribution in [0.5, 0.6) is 5.75 Å². The highest BCUT2D eigenvalue weighted by Crippen LogP contribution is 2.31. The molecule has 2 aliphatic heterocycles. The molecule has 106 valence electrons. The zero-order chi connectivity index (χ0) is 14.1. The molecule has 20 heavy (non-hydrogen) atoms. The van der Waals surface area contributed by atoms with Gasteiger partial charge in [-0.05, 0) is 6.07 Å². The lowest BCUT2D eigenvalue weighted by atomic mass is 9.99. The zero-order valence-corrected chi connectivity index (χ0v) is 10.9. The number of carboxylic acid groups (broad SMARTS) is 1. The van der Waals surface area contributed by atoms with Crippen LogP contribution >= 0.6 is 0 Å². The van der Waals surface area contributed by atoms with Gasteiger partial charge in [-0.2, -0.15) is 0 Å². The Morgan fingerprint density at radius 1 is 1.30 bits per heavy atom. The minimum absolute atomic E-state index is 0.0728. The predicted octanol–water partition coefficient (Wildman–Crippen LogP) is 1.24. The molecule has 6 nitrogen and oxygen atoms in total.